The molecule has 2 unspecified atom stereocenters. The van der Waals surface area contributed by atoms with Gasteiger partial charge >= 0.3 is 5.97 Å². The van der Waals surface area contributed by atoms with Gasteiger partial charge in [0, 0.05) is 17.7 Å². The van der Waals surface area contributed by atoms with E-state index in [1.54, 1.807) is 0 Å². The molecule has 3 atom stereocenters. The highest BCUT2D eigenvalue weighted by atomic mass is 32.2. The van der Waals surface area contributed by atoms with Crippen LogP contribution < -0.4 is 5.73 Å². The first-order valence-corrected chi connectivity index (χ1v) is 7.11. The van der Waals surface area contributed by atoms with Crippen molar-refractivity contribution in [3.8, 4) is 0 Å². The highest BCUT2D eigenvalue weighted by Crippen LogP contribution is 2.29. The van der Waals surface area contributed by atoms with Gasteiger partial charge in [0.2, 0.25) is 5.91 Å². The molecule has 2 rings (SSSR count). The van der Waals surface area contributed by atoms with Crippen LogP contribution in [-0.2, 0) is 9.59 Å². The Morgan fingerprint density at radius 1 is 1.35 bits per heavy atom. The van der Waals surface area contributed by atoms with E-state index in [4.69, 9.17) is 10.8 Å². The monoisotopic (exact) mass is 258 g/mol. The second-order valence-corrected chi connectivity index (χ2v) is 5.79. The average Bonchev–Trinajstić information content (AvgIpc) is 2.77. The summed E-state index contributed by atoms with van der Waals surface area (Å²) in [4.78, 5) is 24.8. The maximum Gasteiger partial charge on any atom is 0.327 e. The number of carbonyl (C=O) groups is 2. The number of hydrogen-bond donors (Lipinski definition) is 2. The number of hydrogen-bond acceptors (Lipinski definition) is 4. The van der Waals surface area contributed by atoms with Crippen LogP contribution in [0, 0.1) is 5.92 Å². The maximum atomic E-state index is 12.3. The summed E-state index contributed by atoms with van der Waals surface area (Å²) in [6, 6.07) is -0.554. The van der Waals surface area contributed by atoms with E-state index in [-0.39, 0.29) is 17.9 Å². The molecule has 6 heteroatoms. The van der Waals surface area contributed by atoms with Gasteiger partial charge in [-0.25, -0.2) is 4.79 Å². The number of carboxylic acid groups (broad SMARTS) is 1. The normalized spacial score (nSPS) is 33.7. The predicted molar refractivity (Wildman–Crippen MR) is 65.5 cm³/mol. The Morgan fingerprint density at radius 2 is 2.12 bits per heavy atom. The van der Waals surface area contributed by atoms with E-state index in [1.807, 2.05) is 0 Å². The summed E-state index contributed by atoms with van der Waals surface area (Å²) in [5.74, 6) is 0.0155. The summed E-state index contributed by atoms with van der Waals surface area (Å²) < 4.78 is 0. The number of nitrogens with zero attached hydrogens (tertiary/aromatic N) is 1. The molecule has 3 N–H and O–H groups in total. The fraction of sp³-hybridized carbons (Fsp3) is 0.818. The number of amides is 1. The van der Waals surface area contributed by atoms with E-state index < -0.39 is 12.0 Å². The fourth-order valence-corrected chi connectivity index (χ4v) is 3.71. The Labute approximate surface area is 105 Å². The van der Waals surface area contributed by atoms with Crippen molar-refractivity contribution in [3.63, 3.8) is 0 Å². The third-order valence-corrected chi connectivity index (χ3v) is 4.53. The zero-order valence-corrected chi connectivity index (χ0v) is 10.5. The number of aliphatic carboxylic acids is 1. The number of rotatable bonds is 2. The third kappa shape index (κ3) is 2.74. The smallest absolute Gasteiger partial charge is 0.327 e. The van der Waals surface area contributed by atoms with Gasteiger partial charge in [-0.2, -0.15) is 0 Å². The molecule has 17 heavy (non-hydrogen) atoms. The summed E-state index contributed by atoms with van der Waals surface area (Å²) >= 11 is 1.50. The molecule has 1 heterocycles. The summed E-state index contributed by atoms with van der Waals surface area (Å²) in [7, 11) is 0. The van der Waals surface area contributed by atoms with Gasteiger partial charge in [-0.1, -0.05) is 6.42 Å². The molecule has 2 fully saturated rings. The summed E-state index contributed by atoms with van der Waals surface area (Å²) in [5, 5.41) is 9.05. The predicted octanol–water partition coefficient (Wildman–Crippen LogP) is 0.490. The minimum atomic E-state index is -0.900. The average molecular weight is 258 g/mol. The highest BCUT2D eigenvalue weighted by molar-refractivity contribution is 7.99. The first-order valence-electron chi connectivity index (χ1n) is 5.96. The zero-order chi connectivity index (χ0) is 12.4. The minimum absolute atomic E-state index is 0.0162. The lowest BCUT2D eigenvalue weighted by Gasteiger charge is -2.30. The Balaban J connectivity index is 2.01. The van der Waals surface area contributed by atoms with E-state index >= 15 is 0 Å². The molecule has 0 aromatic heterocycles. The Kier molecular flexibility index (Phi) is 3.93. The van der Waals surface area contributed by atoms with Gasteiger partial charge in [-0.3, -0.25) is 4.79 Å². The van der Waals surface area contributed by atoms with Crippen molar-refractivity contribution >= 4 is 23.6 Å². The van der Waals surface area contributed by atoms with Crippen molar-refractivity contribution in [1.29, 1.82) is 0 Å². The zero-order valence-electron chi connectivity index (χ0n) is 9.67. The van der Waals surface area contributed by atoms with Gasteiger partial charge in [0.1, 0.15) is 6.04 Å². The molecule has 1 saturated carbocycles. The summed E-state index contributed by atoms with van der Waals surface area (Å²) in [6.07, 6.45) is 3.49. The van der Waals surface area contributed by atoms with Crippen LogP contribution in [0.2, 0.25) is 0 Å². The molecule has 0 bridgehead atoms. The molecule has 5 nitrogen and oxygen atoms in total. The number of thioether (sulfide) groups is 1. The van der Waals surface area contributed by atoms with Gasteiger partial charge in [0.05, 0.1) is 5.88 Å². The van der Waals surface area contributed by atoms with Gasteiger partial charge < -0.3 is 15.7 Å². The van der Waals surface area contributed by atoms with Gasteiger partial charge in [0.15, 0.2) is 0 Å². The standard InChI is InChI=1S/C11H18N2O3S/c12-8-3-1-2-7(4-8)10(14)13-6-17-5-9(13)11(15)16/h7-9H,1-6,12H2,(H,15,16)/t7?,8?,9-/m0/s1. The molecular formula is C11H18N2O3S. The summed E-state index contributed by atoms with van der Waals surface area (Å²) in [6.45, 7) is 0. The molecule has 2 aliphatic rings. The number of carboxylic acids is 1. The highest BCUT2D eigenvalue weighted by Gasteiger charge is 2.38. The Hall–Kier alpha value is -0.750. The summed E-state index contributed by atoms with van der Waals surface area (Å²) in [5.41, 5.74) is 5.86. The number of nitrogens with two attached hydrogens (primary N) is 1. The van der Waals surface area contributed by atoms with Crippen LogP contribution in [0.1, 0.15) is 25.7 Å². The topological polar surface area (TPSA) is 83.6 Å². The lowest BCUT2D eigenvalue weighted by atomic mass is 9.85. The van der Waals surface area contributed by atoms with Crippen molar-refractivity contribution in [2.45, 2.75) is 37.8 Å². The van der Waals surface area contributed by atoms with Crippen LogP contribution >= 0.6 is 11.8 Å². The molecule has 0 spiro atoms. The lowest BCUT2D eigenvalue weighted by molar-refractivity contribution is -0.150. The minimum Gasteiger partial charge on any atom is -0.480 e. The first-order chi connectivity index (χ1) is 8.09. The van der Waals surface area contributed by atoms with Crippen molar-refractivity contribution in [1.82, 2.24) is 4.90 Å². The van der Waals surface area contributed by atoms with E-state index in [2.05, 4.69) is 0 Å². The van der Waals surface area contributed by atoms with E-state index in [1.165, 1.54) is 16.7 Å². The van der Waals surface area contributed by atoms with Crippen molar-refractivity contribution < 1.29 is 14.7 Å². The van der Waals surface area contributed by atoms with E-state index in [9.17, 15) is 9.59 Å². The largest absolute Gasteiger partial charge is 0.480 e. The Morgan fingerprint density at radius 3 is 2.76 bits per heavy atom. The SMILES string of the molecule is NC1CCCC(C(=O)N2CSC[C@H]2C(=O)O)C1. The first kappa shape index (κ1) is 12.7. The van der Waals surface area contributed by atoms with E-state index in [0.29, 0.717) is 18.1 Å². The van der Waals surface area contributed by atoms with Crippen LogP contribution in [0.4, 0.5) is 0 Å². The van der Waals surface area contributed by atoms with Crippen LogP contribution in [-0.4, -0.2) is 45.6 Å². The fourth-order valence-electron chi connectivity index (χ4n) is 2.55. The molecule has 0 radical (unpaired) electrons. The molecule has 0 aromatic carbocycles. The molecule has 1 aliphatic heterocycles. The molecule has 1 saturated heterocycles. The quantitative estimate of drug-likeness (QED) is 0.753. The van der Waals surface area contributed by atoms with Crippen molar-refractivity contribution in [2.24, 2.45) is 11.7 Å². The molecule has 1 amide bonds. The second-order valence-electron chi connectivity index (χ2n) is 4.79. The molecular weight excluding hydrogens is 240 g/mol. The van der Waals surface area contributed by atoms with Gasteiger partial charge in [0.25, 0.3) is 0 Å². The molecule has 96 valence electrons. The van der Waals surface area contributed by atoms with Crippen LogP contribution in [0.25, 0.3) is 0 Å². The lowest BCUT2D eigenvalue weighted by Crippen LogP contribution is -2.46. The van der Waals surface area contributed by atoms with Gasteiger partial charge in [-0.15, -0.1) is 11.8 Å². The molecule has 1 aliphatic carbocycles. The van der Waals surface area contributed by atoms with Crippen LogP contribution in [0.3, 0.4) is 0 Å². The Bertz CT molecular complexity index is 324. The maximum absolute atomic E-state index is 12.3. The number of carbonyl (C=O) groups excluding carboxylic acids is 1. The van der Waals surface area contributed by atoms with Crippen molar-refractivity contribution in [3.05, 3.63) is 0 Å². The van der Waals surface area contributed by atoms with E-state index in [0.717, 1.165) is 19.3 Å². The van der Waals surface area contributed by atoms with Crippen LogP contribution in [0.15, 0.2) is 0 Å². The third-order valence-electron chi connectivity index (χ3n) is 3.51. The molecule has 0 aromatic rings. The van der Waals surface area contributed by atoms with Crippen molar-refractivity contribution in [2.75, 3.05) is 11.6 Å². The van der Waals surface area contributed by atoms with Gasteiger partial charge in [-0.05, 0) is 19.3 Å². The second kappa shape index (κ2) is 5.27. The van der Waals surface area contributed by atoms with Crippen LogP contribution in [0.5, 0.6) is 0 Å².